The van der Waals surface area contributed by atoms with Crippen LogP contribution in [0.1, 0.15) is 24.1 Å². The lowest BCUT2D eigenvalue weighted by molar-refractivity contribution is 0.566. The van der Waals surface area contributed by atoms with Gasteiger partial charge in [0.25, 0.3) is 0 Å². The van der Waals surface area contributed by atoms with Crippen LogP contribution in [0.25, 0.3) is 0 Å². The van der Waals surface area contributed by atoms with E-state index in [-0.39, 0.29) is 11.8 Å². The van der Waals surface area contributed by atoms with Gasteiger partial charge < -0.3 is 0 Å². The average molecular weight is 379 g/mol. The summed E-state index contributed by atoms with van der Waals surface area (Å²) in [5.41, 5.74) is 1.41. The maximum Gasteiger partial charge on any atom is 0.216 e. The number of halogens is 3. The Hall–Kier alpha value is -0.780. The first-order valence-electron chi connectivity index (χ1n) is 6.46. The molecule has 0 aliphatic carbocycles. The fourth-order valence-corrected chi connectivity index (χ4v) is 3.80. The van der Waals surface area contributed by atoms with Crippen molar-refractivity contribution in [1.29, 1.82) is 0 Å². The minimum absolute atomic E-state index is 0.165. The molecule has 0 fully saturated rings. The molecule has 1 unspecified atom stereocenters. The number of benzene rings is 2. The van der Waals surface area contributed by atoms with Gasteiger partial charge in [0.1, 0.15) is 0 Å². The number of hydrogen-bond donors (Lipinski definition) is 1. The molecule has 0 saturated carbocycles. The van der Waals surface area contributed by atoms with Gasteiger partial charge in [-0.15, -0.1) is 0 Å². The Balaban J connectivity index is 2.10. The standard InChI is InChI=1S/C15H14Cl3NO2S/c1-10(12-3-5-13(16)6-4-12)19-22(20,21)9-11-2-7-14(17)15(18)8-11/h2-8,10,19H,9H2,1H3. The van der Waals surface area contributed by atoms with Crippen LogP contribution in [0.15, 0.2) is 42.5 Å². The maximum atomic E-state index is 12.2. The molecule has 22 heavy (non-hydrogen) atoms. The Morgan fingerprint density at radius 2 is 1.64 bits per heavy atom. The van der Waals surface area contributed by atoms with Gasteiger partial charge in [-0.2, -0.15) is 0 Å². The van der Waals surface area contributed by atoms with Crippen LogP contribution in [0.4, 0.5) is 0 Å². The van der Waals surface area contributed by atoms with Gasteiger partial charge in [0.15, 0.2) is 0 Å². The van der Waals surface area contributed by atoms with Crippen molar-refractivity contribution in [1.82, 2.24) is 4.72 Å². The third-order valence-electron chi connectivity index (χ3n) is 3.07. The highest BCUT2D eigenvalue weighted by molar-refractivity contribution is 7.88. The second kappa shape index (κ2) is 7.20. The van der Waals surface area contributed by atoms with E-state index in [1.165, 1.54) is 0 Å². The highest BCUT2D eigenvalue weighted by atomic mass is 35.5. The van der Waals surface area contributed by atoms with Crippen molar-refractivity contribution in [2.45, 2.75) is 18.7 Å². The molecule has 0 amide bonds. The topological polar surface area (TPSA) is 46.2 Å². The molecule has 0 aliphatic heterocycles. The largest absolute Gasteiger partial charge is 0.216 e. The van der Waals surface area contributed by atoms with Crippen LogP contribution in [0, 0.1) is 0 Å². The summed E-state index contributed by atoms with van der Waals surface area (Å²) in [5.74, 6) is -0.165. The van der Waals surface area contributed by atoms with E-state index in [2.05, 4.69) is 4.72 Å². The number of hydrogen-bond acceptors (Lipinski definition) is 2. The number of rotatable bonds is 5. The van der Waals surface area contributed by atoms with Crippen molar-refractivity contribution in [3.8, 4) is 0 Å². The van der Waals surface area contributed by atoms with Gasteiger partial charge in [-0.3, -0.25) is 0 Å². The average Bonchev–Trinajstić information content (AvgIpc) is 2.42. The van der Waals surface area contributed by atoms with Crippen molar-refractivity contribution >= 4 is 44.8 Å². The highest BCUT2D eigenvalue weighted by Gasteiger charge is 2.17. The molecular formula is C15H14Cl3NO2S. The van der Waals surface area contributed by atoms with Crippen LogP contribution in [-0.2, 0) is 15.8 Å². The highest BCUT2D eigenvalue weighted by Crippen LogP contribution is 2.24. The summed E-state index contributed by atoms with van der Waals surface area (Å²) in [6.45, 7) is 1.77. The van der Waals surface area contributed by atoms with Gasteiger partial charge >= 0.3 is 0 Å². The lowest BCUT2D eigenvalue weighted by Gasteiger charge is -2.15. The van der Waals surface area contributed by atoms with Crippen LogP contribution >= 0.6 is 34.8 Å². The summed E-state index contributed by atoms with van der Waals surface area (Å²) in [6.07, 6.45) is 0. The third-order valence-corrected chi connectivity index (χ3v) is 5.48. The first kappa shape index (κ1) is 17.6. The summed E-state index contributed by atoms with van der Waals surface area (Å²) in [4.78, 5) is 0. The Kier molecular flexibility index (Phi) is 5.75. The van der Waals surface area contributed by atoms with Crippen LogP contribution in [0.2, 0.25) is 15.1 Å². The third kappa shape index (κ3) is 4.86. The fraction of sp³-hybridized carbons (Fsp3) is 0.200. The molecular weight excluding hydrogens is 365 g/mol. The van der Waals surface area contributed by atoms with E-state index in [4.69, 9.17) is 34.8 Å². The number of nitrogens with one attached hydrogen (secondary N) is 1. The number of sulfonamides is 1. The Bertz CT molecular complexity index is 761. The van der Waals surface area contributed by atoms with E-state index in [0.29, 0.717) is 20.6 Å². The van der Waals surface area contributed by atoms with Gasteiger partial charge in [0.05, 0.1) is 15.8 Å². The Morgan fingerprint density at radius 1 is 1.00 bits per heavy atom. The predicted octanol–water partition coefficient (Wildman–Crippen LogP) is 4.83. The lowest BCUT2D eigenvalue weighted by atomic mass is 10.1. The Labute approximate surface area is 145 Å². The van der Waals surface area contributed by atoms with Crippen LogP contribution in [0.5, 0.6) is 0 Å². The zero-order valence-electron chi connectivity index (χ0n) is 11.7. The first-order valence-corrected chi connectivity index (χ1v) is 9.25. The van der Waals surface area contributed by atoms with Crippen LogP contribution in [-0.4, -0.2) is 8.42 Å². The van der Waals surface area contributed by atoms with E-state index in [1.54, 1.807) is 49.4 Å². The minimum atomic E-state index is -3.51. The molecule has 1 N–H and O–H groups in total. The predicted molar refractivity (Wildman–Crippen MR) is 92.1 cm³/mol. The second-order valence-corrected chi connectivity index (χ2v) is 7.90. The molecule has 0 aromatic heterocycles. The van der Waals surface area contributed by atoms with Crippen LogP contribution in [0.3, 0.4) is 0 Å². The molecule has 2 aromatic carbocycles. The van der Waals surface area contributed by atoms with E-state index in [1.807, 2.05) is 0 Å². The Morgan fingerprint density at radius 3 is 2.23 bits per heavy atom. The summed E-state index contributed by atoms with van der Waals surface area (Å²) in [6, 6.07) is 11.4. The van der Waals surface area contributed by atoms with Gasteiger partial charge in [0, 0.05) is 11.1 Å². The van der Waals surface area contributed by atoms with Crippen molar-refractivity contribution in [3.05, 3.63) is 68.7 Å². The SMILES string of the molecule is CC(NS(=O)(=O)Cc1ccc(Cl)c(Cl)c1)c1ccc(Cl)cc1. The van der Waals surface area contributed by atoms with E-state index >= 15 is 0 Å². The molecule has 118 valence electrons. The zero-order chi connectivity index (χ0) is 16.3. The molecule has 1 atom stereocenters. The quantitative estimate of drug-likeness (QED) is 0.810. The molecule has 2 aromatic rings. The van der Waals surface area contributed by atoms with Crippen molar-refractivity contribution < 1.29 is 8.42 Å². The van der Waals surface area contributed by atoms with Crippen molar-refractivity contribution in [3.63, 3.8) is 0 Å². The van der Waals surface area contributed by atoms with Gasteiger partial charge in [0.2, 0.25) is 10.0 Å². The summed E-state index contributed by atoms with van der Waals surface area (Å²) in [7, 11) is -3.51. The second-order valence-electron chi connectivity index (χ2n) is 4.90. The molecule has 0 saturated heterocycles. The van der Waals surface area contributed by atoms with Gasteiger partial charge in [-0.05, 0) is 42.3 Å². The summed E-state index contributed by atoms with van der Waals surface area (Å²) in [5, 5.41) is 1.33. The van der Waals surface area contributed by atoms with Gasteiger partial charge in [-0.1, -0.05) is 53.0 Å². The van der Waals surface area contributed by atoms with E-state index < -0.39 is 10.0 Å². The molecule has 0 bridgehead atoms. The summed E-state index contributed by atoms with van der Waals surface area (Å²) < 4.78 is 27.1. The maximum absolute atomic E-state index is 12.2. The molecule has 7 heteroatoms. The van der Waals surface area contributed by atoms with E-state index in [0.717, 1.165) is 5.56 Å². The molecule has 0 heterocycles. The summed E-state index contributed by atoms with van der Waals surface area (Å²) >= 11 is 17.5. The normalized spacial score (nSPS) is 13.1. The monoisotopic (exact) mass is 377 g/mol. The lowest BCUT2D eigenvalue weighted by Crippen LogP contribution is -2.28. The molecule has 0 radical (unpaired) electrons. The van der Waals surface area contributed by atoms with Crippen molar-refractivity contribution in [2.75, 3.05) is 0 Å². The van der Waals surface area contributed by atoms with E-state index in [9.17, 15) is 8.42 Å². The molecule has 3 nitrogen and oxygen atoms in total. The molecule has 0 spiro atoms. The van der Waals surface area contributed by atoms with Crippen LogP contribution < -0.4 is 4.72 Å². The molecule has 0 aliphatic rings. The van der Waals surface area contributed by atoms with Crippen molar-refractivity contribution in [2.24, 2.45) is 0 Å². The first-order chi connectivity index (χ1) is 10.3. The minimum Gasteiger partial charge on any atom is -0.212 e. The van der Waals surface area contributed by atoms with Gasteiger partial charge in [-0.25, -0.2) is 13.1 Å². The fourth-order valence-electron chi connectivity index (χ4n) is 1.98. The smallest absolute Gasteiger partial charge is 0.212 e. The molecule has 2 rings (SSSR count). The zero-order valence-corrected chi connectivity index (χ0v) is 14.8.